The number of nitrogens with one attached hydrogen (secondary N) is 1. The number of primary amides is 1. The van der Waals surface area contributed by atoms with E-state index < -0.39 is 5.91 Å². The summed E-state index contributed by atoms with van der Waals surface area (Å²) in [7, 11) is 0. The van der Waals surface area contributed by atoms with Crippen LogP contribution in [0.5, 0.6) is 0 Å². The molecule has 0 saturated heterocycles. The minimum atomic E-state index is -0.395. The van der Waals surface area contributed by atoms with Crippen LogP contribution in [0.1, 0.15) is 35.5 Å². The average molecular weight is 256 g/mol. The van der Waals surface area contributed by atoms with Gasteiger partial charge in [-0.3, -0.25) is 4.79 Å². The van der Waals surface area contributed by atoms with E-state index in [2.05, 4.69) is 19.2 Å². The largest absolute Gasteiger partial charge is 0.395 e. The number of hydrogen-bond donors (Lipinski definition) is 3. The molecular formula is C12H20N2O2S. The number of nitrogens with two attached hydrogens (primary N) is 1. The highest BCUT2D eigenvalue weighted by molar-refractivity contribution is 7.10. The number of carbonyl (C=O) groups excluding carboxylic acids is 1. The van der Waals surface area contributed by atoms with E-state index in [-0.39, 0.29) is 12.6 Å². The van der Waals surface area contributed by atoms with Crippen molar-refractivity contribution < 1.29 is 9.90 Å². The van der Waals surface area contributed by atoms with Crippen molar-refractivity contribution in [1.29, 1.82) is 0 Å². The van der Waals surface area contributed by atoms with E-state index >= 15 is 0 Å². The normalized spacial score (nSPS) is 12.9. The van der Waals surface area contributed by atoms with Gasteiger partial charge in [0, 0.05) is 22.8 Å². The molecule has 0 aliphatic rings. The first-order valence-corrected chi connectivity index (χ1v) is 6.62. The number of amides is 1. The van der Waals surface area contributed by atoms with Crippen LogP contribution in [-0.4, -0.2) is 23.7 Å². The first-order chi connectivity index (χ1) is 8.02. The van der Waals surface area contributed by atoms with Crippen LogP contribution in [0.3, 0.4) is 0 Å². The van der Waals surface area contributed by atoms with Gasteiger partial charge in [-0.25, -0.2) is 0 Å². The molecule has 1 unspecified atom stereocenters. The molecule has 1 rings (SSSR count). The van der Waals surface area contributed by atoms with E-state index in [1.807, 2.05) is 0 Å². The van der Waals surface area contributed by atoms with E-state index in [1.165, 1.54) is 11.3 Å². The van der Waals surface area contributed by atoms with Crippen LogP contribution >= 0.6 is 11.3 Å². The van der Waals surface area contributed by atoms with Crippen molar-refractivity contribution >= 4 is 17.2 Å². The van der Waals surface area contributed by atoms with Crippen molar-refractivity contribution in [2.45, 2.75) is 32.9 Å². The highest BCUT2D eigenvalue weighted by Crippen LogP contribution is 2.14. The zero-order chi connectivity index (χ0) is 12.8. The molecule has 0 radical (unpaired) electrons. The molecule has 96 valence electrons. The molecule has 4 N–H and O–H groups in total. The van der Waals surface area contributed by atoms with Gasteiger partial charge in [0.1, 0.15) is 0 Å². The third-order valence-corrected chi connectivity index (χ3v) is 3.42. The van der Waals surface area contributed by atoms with Crippen LogP contribution in [0.25, 0.3) is 0 Å². The summed E-state index contributed by atoms with van der Waals surface area (Å²) in [5, 5.41) is 14.3. The number of carbonyl (C=O) groups is 1. The average Bonchev–Trinajstić information content (AvgIpc) is 2.72. The Bertz CT molecular complexity index is 363. The minimum Gasteiger partial charge on any atom is -0.395 e. The predicted molar refractivity (Wildman–Crippen MR) is 70.0 cm³/mol. The summed E-state index contributed by atoms with van der Waals surface area (Å²) in [4.78, 5) is 12.0. The second kappa shape index (κ2) is 6.74. The molecule has 17 heavy (non-hydrogen) atoms. The molecule has 1 aromatic rings. The summed E-state index contributed by atoms with van der Waals surface area (Å²) in [6, 6.07) is 1.90. The summed E-state index contributed by atoms with van der Waals surface area (Å²) in [6.07, 6.45) is 0.935. The molecule has 0 aromatic carbocycles. The van der Waals surface area contributed by atoms with Gasteiger partial charge in [-0.1, -0.05) is 13.8 Å². The van der Waals surface area contributed by atoms with Gasteiger partial charge in [-0.2, -0.15) is 0 Å². The van der Waals surface area contributed by atoms with Gasteiger partial charge in [0.2, 0.25) is 5.91 Å². The lowest BCUT2D eigenvalue weighted by molar-refractivity contribution is 0.100. The predicted octanol–water partition coefficient (Wildman–Crippen LogP) is 1.34. The number of rotatable bonds is 7. The molecule has 0 aliphatic carbocycles. The highest BCUT2D eigenvalue weighted by atomic mass is 32.1. The molecule has 0 aliphatic heterocycles. The Labute approximate surface area is 106 Å². The molecule has 1 atom stereocenters. The standard InChI is InChI=1S/C12H20N2O2S/c1-8(2)3-10(6-15)14-5-11-4-9(7-17-11)12(13)16/h4,7-8,10,14-15H,3,5-6H2,1-2H3,(H2,13,16). The molecule has 4 nitrogen and oxygen atoms in total. The summed E-state index contributed by atoms with van der Waals surface area (Å²) in [5.41, 5.74) is 5.73. The minimum absolute atomic E-state index is 0.106. The molecule has 1 amide bonds. The zero-order valence-electron chi connectivity index (χ0n) is 10.3. The fraction of sp³-hybridized carbons (Fsp3) is 0.583. The Kier molecular flexibility index (Phi) is 5.61. The zero-order valence-corrected chi connectivity index (χ0v) is 11.1. The van der Waals surface area contributed by atoms with Gasteiger partial charge >= 0.3 is 0 Å². The topological polar surface area (TPSA) is 75.3 Å². The lowest BCUT2D eigenvalue weighted by atomic mass is 10.0. The molecular weight excluding hydrogens is 236 g/mol. The van der Waals surface area contributed by atoms with E-state index in [9.17, 15) is 9.90 Å². The Balaban J connectivity index is 2.45. The second-order valence-corrected chi connectivity index (χ2v) is 5.55. The molecule has 1 heterocycles. The Morgan fingerprint density at radius 2 is 2.29 bits per heavy atom. The molecule has 0 fully saturated rings. The number of hydrogen-bond acceptors (Lipinski definition) is 4. The van der Waals surface area contributed by atoms with Crippen molar-refractivity contribution in [3.05, 3.63) is 21.9 Å². The van der Waals surface area contributed by atoms with Gasteiger partial charge in [0.15, 0.2) is 0 Å². The SMILES string of the molecule is CC(C)CC(CO)NCc1cc(C(N)=O)cs1. The monoisotopic (exact) mass is 256 g/mol. The van der Waals surface area contributed by atoms with Crippen LogP contribution < -0.4 is 11.1 Å². The Morgan fingerprint density at radius 3 is 2.76 bits per heavy atom. The Morgan fingerprint density at radius 1 is 1.59 bits per heavy atom. The first kappa shape index (κ1) is 14.2. The molecule has 0 bridgehead atoms. The van der Waals surface area contributed by atoms with Crippen LogP contribution in [0.15, 0.2) is 11.4 Å². The molecule has 5 heteroatoms. The second-order valence-electron chi connectivity index (χ2n) is 4.56. The third kappa shape index (κ3) is 4.85. The van der Waals surface area contributed by atoms with Gasteiger partial charge in [-0.05, 0) is 18.4 Å². The fourth-order valence-corrected chi connectivity index (χ4v) is 2.46. The summed E-state index contributed by atoms with van der Waals surface area (Å²) >= 11 is 1.50. The van der Waals surface area contributed by atoms with E-state index in [1.54, 1.807) is 11.4 Å². The van der Waals surface area contributed by atoms with Crippen molar-refractivity contribution in [1.82, 2.24) is 5.32 Å². The number of thiophene rings is 1. The van der Waals surface area contributed by atoms with Gasteiger partial charge in [0.25, 0.3) is 0 Å². The molecule has 0 spiro atoms. The summed E-state index contributed by atoms with van der Waals surface area (Å²) < 4.78 is 0. The van der Waals surface area contributed by atoms with Crippen LogP contribution in [0, 0.1) is 5.92 Å². The van der Waals surface area contributed by atoms with Crippen LogP contribution in [0.4, 0.5) is 0 Å². The maximum atomic E-state index is 10.9. The van der Waals surface area contributed by atoms with Crippen molar-refractivity contribution in [2.24, 2.45) is 11.7 Å². The Hall–Kier alpha value is -0.910. The quantitative estimate of drug-likeness (QED) is 0.689. The van der Waals surface area contributed by atoms with E-state index in [0.717, 1.165) is 11.3 Å². The van der Waals surface area contributed by atoms with Gasteiger partial charge in [0.05, 0.1) is 12.2 Å². The van der Waals surface area contributed by atoms with E-state index in [4.69, 9.17) is 5.73 Å². The van der Waals surface area contributed by atoms with E-state index in [0.29, 0.717) is 18.0 Å². The lowest BCUT2D eigenvalue weighted by Gasteiger charge is -2.17. The van der Waals surface area contributed by atoms with Crippen LogP contribution in [0.2, 0.25) is 0 Å². The van der Waals surface area contributed by atoms with Crippen molar-refractivity contribution in [2.75, 3.05) is 6.61 Å². The smallest absolute Gasteiger partial charge is 0.249 e. The number of aliphatic hydroxyl groups excluding tert-OH is 1. The maximum Gasteiger partial charge on any atom is 0.249 e. The van der Waals surface area contributed by atoms with Gasteiger partial charge in [-0.15, -0.1) is 11.3 Å². The molecule has 0 saturated carbocycles. The van der Waals surface area contributed by atoms with Crippen molar-refractivity contribution in [3.63, 3.8) is 0 Å². The highest BCUT2D eigenvalue weighted by Gasteiger charge is 2.10. The number of aliphatic hydroxyl groups is 1. The third-order valence-electron chi connectivity index (χ3n) is 2.48. The van der Waals surface area contributed by atoms with Crippen molar-refractivity contribution in [3.8, 4) is 0 Å². The lowest BCUT2D eigenvalue weighted by Crippen LogP contribution is -2.33. The summed E-state index contributed by atoms with van der Waals surface area (Å²) in [5.74, 6) is 0.151. The first-order valence-electron chi connectivity index (χ1n) is 5.74. The fourth-order valence-electron chi connectivity index (χ4n) is 1.64. The van der Waals surface area contributed by atoms with Crippen LogP contribution in [-0.2, 0) is 6.54 Å². The summed E-state index contributed by atoms with van der Waals surface area (Å²) in [6.45, 7) is 5.05. The molecule has 1 aromatic heterocycles. The van der Waals surface area contributed by atoms with Gasteiger partial charge < -0.3 is 16.2 Å². The maximum absolute atomic E-state index is 10.9.